The Bertz CT molecular complexity index is 854. The summed E-state index contributed by atoms with van der Waals surface area (Å²) in [6.45, 7) is 12.9. The van der Waals surface area contributed by atoms with Crippen LogP contribution in [0.25, 0.3) is 11.1 Å². The standard InChI is InChI=1S/C21H24BClO2/c1-19(2)16-10-8-7-9-14(16)15-11-13(23)12-17(18(15)19)22-24-20(3,4)21(5,6)25-22/h7-12H,1-6H3. The zero-order valence-corrected chi connectivity index (χ0v) is 16.5. The molecule has 0 spiro atoms. The minimum absolute atomic E-state index is 0.116. The van der Waals surface area contributed by atoms with Crippen LogP contribution in [0.2, 0.25) is 5.02 Å². The van der Waals surface area contributed by atoms with E-state index in [1.807, 2.05) is 6.07 Å². The number of rotatable bonds is 1. The van der Waals surface area contributed by atoms with Crippen LogP contribution in [0.5, 0.6) is 0 Å². The van der Waals surface area contributed by atoms with Crippen molar-refractivity contribution in [1.82, 2.24) is 0 Å². The smallest absolute Gasteiger partial charge is 0.399 e. The number of benzene rings is 2. The summed E-state index contributed by atoms with van der Waals surface area (Å²) in [6.07, 6.45) is 0. The van der Waals surface area contributed by atoms with Gasteiger partial charge in [-0.1, -0.05) is 49.7 Å². The fourth-order valence-corrected chi connectivity index (χ4v) is 4.32. The zero-order valence-electron chi connectivity index (χ0n) is 15.7. The molecule has 0 radical (unpaired) electrons. The zero-order chi connectivity index (χ0) is 18.2. The molecule has 2 aliphatic rings. The summed E-state index contributed by atoms with van der Waals surface area (Å²) < 4.78 is 12.7. The van der Waals surface area contributed by atoms with Gasteiger partial charge in [0.1, 0.15) is 0 Å². The molecule has 0 aromatic heterocycles. The van der Waals surface area contributed by atoms with Crippen LogP contribution in [-0.4, -0.2) is 18.3 Å². The third-order valence-electron chi connectivity index (χ3n) is 6.16. The summed E-state index contributed by atoms with van der Waals surface area (Å²) in [5.74, 6) is 0. The van der Waals surface area contributed by atoms with E-state index in [-0.39, 0.29) is 16.6 Å². The minimum atomic E-state index is -0.411. The number of hydrogen-bond donors (Lipinski definition) is 0. The Kier molecular flexibility index (Phi) is 3.51. The van der Waals surface area contributed by atoms with Crippen molar-refractivity contribution in [2.45, 2.75) is 58.2 Å². The van der Waals surface area contributed by atoms with Gasteiger partial charge in [-0.15, -0.1) is 0 Å². The molecule has 0 N–H and O–H groups in total. The van der Waals surface area contributed by atoms with Gasteiger partial charge in [0.25, 0.3) is 0 Å². The van der Waals surface area contributed by atoms with Crippen molar-refractivity contribution < 1.29 is 9.31 Å². The Morgan fingerprint density at radius 1 is 0.840 bits per heavy atom. The van der Waals surface area contributed by atoms with Crippen molar-refractivity contribution in [1.29, 1.82) is 0 Å². The molecule has 0 bridgehead atoms. The highest BCUT2D eigenvalue weighted by Gasteiger charge is 2.53. The van der Waals surface area contributed by atoms with Crippen LogP contribution in [0.4, 0.5) is 0 Å². The van der Waals surface area contributed by atoms with Crippen molar-refractivity contribution in [2.24, 2.45) is 0 Å². The van der Waals surface area contributed by atoms with Gasteiger partial charge in [-0.25, -0.2) is 0 Å². The summed E-state index contributed by atoms with van der Waals surface area (Å²) in [5, 5.41) is 0.718. The van der Waals surface area contributed by atoms with Gasteiger partial charge in [0.05, 0.1) is 11.2 Å². The Morgan fingerprint density at radius 2 is 1.44 bits per heavy atom. The topological polar surface area (TPSA) is 18.5 Å². The normalized spacial score (nSPS) is 22.0. The van der Waals surface area contributed by atoms with Crippen LogP contribution < -0.4 is 5.46 Å². The molecule has 1 aliphatic carbocycles. The second kappa shape index (κ2) is 5.13. The maximum atomic E-state index is 6.50. The first-order valence-corrected chi connectivity index (χ1v) is 9.22. The molecular weight excluding hydrogens is 330 g/mol. The summed E-state index contributed by atoms with van der Waals surface area (Å²) >= 11 is 6.50. The Balaban J connectivity index is 1.93. The largest absolute Gasteiger partial charge is 0.495 e. The molecule has 0 atom stereocenters. The first kappa shape index (κ1) is 17.1. The molecule has 0 unspecified atom stereocenters. The molecule has 130 valence electrons. The number of hydrogen-bond acceptors (Lipinski definition) is 2. The first-order chi connectivity index (χ1) is 11.5. The predicted molar refractivity (Wildman–Crippen MR) is 105 cm³/mol. The van der Waals surface area contributed by atoms with Crippen molar-refractivity contribution in [3.8, 4) is 11.1 Å². The summed E-state index contributed by atoms with van der Waals surface area (Å²) in [4.78, 5) is 0. The lowest BCUT2D eigenvalue weighted by Crippen LogP contribution is -2.41. The van der Waals surface area contributed by atoms with E-state index < -0.39 is 7.12 Å². The fraction of sp³-hybridized carbons (Fsp3) is 0.429. The SMILES string of the molecule is CC1(C)c2ccccc2-c2cc(Cl)cc(B3OC(C)(C)C(C)(C)O3)c21. The van der Waals surface area contributed by atoms with Crippen LogP contribution in [0.3, 0.4) is 0 Å². The summed E-state index contributed by atoms with van der Waals surface area (Å²) in [5.41, 5.74) is 5.21. The quantitative estimate of drug-likeness (QED) is 0.675. The van der Waals surface area contributed by atoms with E-state index in [1.54, 1.807) is 0 Å². The van der Waals surface area contributed by atoms with Crippen molar-refractivity contribution in [3.63, 3.8) is 0 Å². The van der Waals surface area contributed by atoms with Gasteiger partial charge in [0.2, 0.25) is 0 Å². The molecule has 2 aromatic carbocycles. The van der Waals surface area contributed by atoms with E-state index in [2.05, 4.69) is 71.9 Å². The number of halogens is 1. The molecule has 1 saturated heterocycles. The van der Waals surface area contributed by atoms with Crippen LogP contribution in [0.15, 0.2) is 36.4 Å². The molecule has 4 rings (SSSR count). The molecule has 1 heterocycles. The monoisotopic (exact) mass is 354 g/mol. The van der Waals surface area contributed by atoms with Gasteiger partial charge in [0.15, 0.2) is 0 Å². The first-order valence-electron chi connectivity index (χ1n) is 8.84. The van der Waals surface area contributed by atoms with E-state index in [9.17, 15) is 0 Å². The van der Waals surface area contributed by atoms with Crippen LogP contribution in [0.1, 0.15) is 52.7 Å². The molecular formula is C21H24BClO2. The highest BCUT2D eigenvalue weighted by atomic mass is 35.5. The molecule has 0 amide bonds. The second-order valence-corrected chi connectivity index (χ2v) is 9.11. The summed E-state index contributed by atoms with van der Waals surface area (Å²) in [6, 6.07) is 12.6. The predicted octanol–water partition coefficient (Wildman–Crippen LogP) is 4.95. The Hall–Kier alpha value is -1.29. The molecule has 1 fully saturated rings. The van der Waals surface area contributed by atoms with Crippen LogP contribution in [-0.2, 0) is 14.7 Å². The molecule has 1 aliphatic heterocycles. The lowest BCUT2D eigenvalue weighted by atomic mass is 9.68. The Morgan fingerprint density at radius 3 is 2.08 bits per heavy atom. The fourth-order valence-electron chi connectivity index (χ4n) is 4.09. The average molecular weight is 355 g/mol. The maximum absolute atomic E-state index is 6.50. The van der Waals surface area contributed by atoms with Gasteiger partial charge >= 0.3 is 7.12 Å². The van der Waals surface area contributed by atoms with Crippen LogP contribution >= 0.6 is 11.6 Å². The third kappa shape index (κ3) is 2.33. The van der Waals surface area contributed by atoms with E-state index in [1.165, 1.54) is 22.3 Å². The van der Waals surface area contributed by atoms with Crippen molar-refractivity contribution in [2.75, 3.05) is 0 Å². The van der Waals surface area contributed by atoms with Gasteiger partial charge in [-0.3, -0.25) is 0 Å². The average Bonchev–Trinajstić information content (AvgIpc) is 2.87. The molecule has 2 aromatic rings. The third-order valence-corrected chi connectivity index (χ3v) is 6.37. The number of fused-ring (bicyclic) bond motifs is 3. The van der Waals surface area contributed by atoms with Gasteiger partial charge in [-0.05, 0) is 67.5 Å². The van der Waals surface area contributed by atoms with Crippen molar-refractivity contribution in [3.05, 3.63) is 52.5 Å². The molecule has 2 nitrogen and oxygen atoms in total. The van der Waals surface area contributed by atoms with Gasteiger partial charge < -0.3 is 9.31 Å². The lowest BCUT2D eigenvalue weighted by Gasteiger charge is -2.32. The molecule has 4 heteroatoms. The van der Waals surface area contributed by atoms with E-state index in [0.717, 1.165) is 10.5 Å². The van der Waals surface area contributed by atoms with E-state index in [4.69, 9.17) is 20.9 Å². The highest BCUT2D eigenvalue weighted by molar-refractivity contribution is 6.63. The lowest BCUT2D eigenvalue weighted by molar-refractivity contribution is 0.00578. The Labute approximate surface area is 155 Å². The van der Waals surface area contributed by atoms with Gasteiger partial charge in [-0.2, -0.15) is 0 Å². The minimum Gasteiger partial charge on any atom is -0.399 e. The second-order valence-electron chi connectivity index (χ2n) is 8.68. The van der Waals surface area contributed by atoms with Crippen LogP contribution in [0, 0.1) is 0 Å². The maximum Gasteiger partial charge on any atom is 0.495 e. The van der Waals surface area contributed by atoms with E-state index >= 15 is 0 Å². The van der Waals surface area contributed by atoms with E-state index in [0.29, 0.717) is 0 Å². The van der Waals surface area contributed by atoms with Gasteiger partial charge in [0, 0.05) is 10.4 Å². The highest BCUT2D eigenvalue weighted by Crippen LogP contribution is 2.49. The summed E-state index contributed by atoms with van der Waals surface area (Å²) in [7, 11) is -0.411. The molecule has 25 heavy (non-hydrogen) atoms. The molecule has 0 saturated carbocycles. The van der Waals surface area contributed by atoms with Crippen molar-refractivity contribution >= 4 is 24.2 Å².